The molecule has 1 aliphatic rings. The van der Waals surface area contributed by atoms with Crippen LogP contribution in [0.15, 0.2) is 0 Å². The molecule has 5 N–H and O–H groups in total. The minimum Gasteiger partial charge on any atom is -0.395 e. The number of hydrogen-bond donors (Lipinski definition) is 3. The molecule has 1 aliphatic heterocycles. The van der Waals surface area contributed by atoms with Crippen LogP contribution in [0.2, 0.25) is 0 Å². The fourth-order valence-corrected chi connectivity index (χ4v) is 2.04. The normalized spacial score (nSPS) is 19.4. The van der Waals surface area contributed by atoms with Crippen LogP contribution in [0.3, 0.4) is 0 Å². The highest BCUT2D eigenvalue weighted by molar-refractivity contribution is 6.00. The summed E-state index contributed by atoms with van der Waals surface area (Å²) in [6.07, 6.45) is 0.647. The van der Waals surface area contributed by atoms with E-state index >= 15 is 0 Å². The van der Waals surface area contributed by atoms with Crippen molar-refractivity contribution < 1.29 is 14.3 Å². The molecule has 19 heavy (non-hydrogen) atoms. The summed E-state index contributed by atoms with van der Waals surface area (Å²) in [7, 11) is 0. The fourth-order valence-electron chi connectivity index (χ4n) is 2.04. The summed E-state index contributed by atoms with van der Waals surface area (Å²) in [5.41, 5.74) is 12.3. The predicted molar refractivity (Wildman–Crippen MR) is 67.2 cm³/mol. The van der Waals surface area contributed by atoms with Crippen molar-refractivity contribution >= 4 is 17.5 Å². The van der Waals surface area contributed by atoms with Crippen molar-refractivity contribution in [2.45, 2.75) is 19.4 Å². The molecule has 8 nitrogen and oxygen atoms in total. The van der Waals surface area contributed by atoms with E-state index in [2.05, 4.69) is 10.2 Å². The lowest BCUT2D eigenvalue weighted by atomic mass is 10.1. The lowest BCUT2D eigenvalue weighted by Gasteiger charge is -2.33. The van der Waals surface area contributed by atoms with Crippen LogP contribution in [0.4, 0.5) is 5.69 Å². The van der Waals surface area contributed by atoms with Gasteiger partial charge < -0.3 is 21.1 Å². The van der Waals surface area contributed by atoms with E-state index < -0.39 is 17.9 Å². The van der Waals surface area contributed by atoms with Gasteiger partial charge in [0.05, 0.1) is 24.6 Å². The molecule has 1 aromatic rings. The molecule has 0 aliphatic carbocycles. The number of rotatable bonds is 3. The summed E-state index contributed by atoms with van der Waals surface area (Å²) in [5, 5.41) is 6.64. The molecule has 1 fully saturated rings. The van der Waals surface area contributed by atoms with Gasteiger partial charge in [0.15, 0.2) is 5.69 Å². The Bertz CT molecular complexity index is 499. The maximum Gasteiger partial charge on any atom is 0.277 e. The van der Waals surface area contributed by atoms with Gasteiger partial charge >= 0.3 is 0 Å². The maximum atomic E-state index is 12.4. The van der Waals surface area contributed by atoms with E-state index in [0.29, 0.717) is 31.0 Å². The van der Waals surface area contributed by atoms with Crippen LogP contribution in [-0.4, -0.2) is 52.7 Å². The van der Waals surface area contributed by atoms with Gasteiger partial charge in [0.2, 0.25) is 5.91 Å². The van der Waals surface area contributed by atoms with Crippen molar-refractivity contribution in [2.75, 3.05) is 25.5 Å². The molecule has 0 radical (unpaired) electrons. The van der Waals surface area contributed by atoms with E-state index in [9.17, 15) is 9.59 Å². The smallest absolute Gasteiger partial charge is 0.277 e. The number of carbonyl (C=O) groups excluding carboxylic acids is 2. The molecule has 1 aromatic heterocycles. The average molecular weight is 267 g/mol. The number of anilines is 1. The molecular formula is C11H17N5O3. The molecular weight excluding hydrogens is 250 g/mol. The number of carbonyl (C=O) groups is 2. The summed E-state index contributed by atoms with van der Waals surface area (Å²) in [5.74, 6) is -1.00. The van der Waals surface area contributed by atoms with E-state index in [4.69, 9.17) is 16.2 Å². The third-order valence-electron chi connectivity index (χ3n) is 3.16. The number of nitrogens with zero attached hydrogens (tertiary/aromatic N) is 2. The number of ether oxygens (including phenoxy) is 1. The zero-order valence-corrected chi connectivity index (χ0v) is 10.7. The molecule has 2 rings (SSSR count). The zero-order valence-electron chi connectivity index (χ0n) is 10.7. The van der Waals surface area contributed by atoms with Crippen molar-refractivity contribution in [1.29, 1.82) is 0 Å². The fraction of sp³-hybridized carbons (Fsp3) is 0.545. The van der Waals surface area contributed by atoms with Crippen LogP contribution >= 0.6 is 0 Å². The minimum atomic E-state index is -0.776. The molecule has 1 saturated heterocycles. The van der Waals surface area contributed by atoms with Crippen LogP contribution in [0.5, 0.6) is 0 Å². The van der Waals surface area contributed by atoms with E-state index in [1.807, 2.05) is 6.92 Å². The highest BCUT2D eigenvalue weighted by Gasteiger charge is 2.34. The number of H-pyrrole nitrogens is 1. The van der Waals surface area contributed by atoms with E-state index in [1.165, 1.54) is 4.90 Å². The zero-order chi connectivity index (χ0) is 14.0. The average Bonchev–Trinajstić information content (AvgIpc) is 2.79. The number of aromatic amines is 1. The van der Waals surface area contributed by atoms with Crippen molar-refractivity contribution in [3.63, 3.8) is 0 Å². The van der Waals surface area contributed by atoms with Gasteiger partial charge in [0, 0.05) is 6.54 Å². The van der Waals surface area contributed by atoms with Crippen molar-refractivity contribution in [2.24, 2.45) is 5.73 Å². The topological polar surface area (TPSA) is 127 Å². The Balaban J connectivity index is 2.26. The van der Waals surface area contributed by atoms with Crippen molar-refractivity contribution in [1.82, 2.24) is 15.1 Å². The van der Waals surface area contributed by atoms with Gasteiger partial charge in [0.1, 0.15) is 6.04 Å². The summed E-state index contributed by atoms with van der Waals surface area (Å²) in [6, 6.07) is -0.776. The second-order valence-corrected chi connectivity index (χ2v) is 4.31. The summed E-state index contributed by atoms with van der Waals surface area (Å²) < 4.78 is 5.16. The third-order valence-corrected chi connectivity index (χ3v) is 3.16. The number of primary amides is 1. The van der Waals surface area contributed by atoms with Gasteiger partial charge in [-0.05, 0) is 6.42 Å². The van der Waals surface area contributed by atoms with Gasteiger partial charge in [-0.15, -0.1) is 0 Å². The Labute approximate surface area is 110 Å². The lowest BCUT2D eigenvalue weighted by molar-refractivity contribution is -0.127. The number of amides is 2. The second-order valence-electron chi connectivity index (χ2n) is 4.31. The molecule has 1 unspecified atom stereocenters. The molecule has 2 amide bonds. The maximum absolute atomic E-state index is 12.4. The molecule has 0 saturated carbocycles. The molecule has 8 heteroatoms. The van der Waals surface area contributed by atoms with Crippen LogP contribution in [0.25, 0.3) is 0 Å². The molecule has 0 spiro atoms. The molecule has 2 heterocycles. The highest BCUT2D eigenvalue weighted by Crippen LogP contribution is 2.19. The number of nitrogen functional groups attached to an aromatic ring is 1. The number of aromatic nitrogens is 2. The van der Waals surface area contributed by atoms with Crippen molar-refractivity contribution in [3.8, 4) is 0 Å². The first kappa shape index (κ1) is 13.3. The number of nitrogens with two attached hydrogens (primary N) is 2. The van der Waals surface area contributed by atoms with E-state index in [0.717, 1.165) is 0 Å². The highest BCUT2D eigenvalue weighted by atomic mass is 16.5. The number of aryl methyl sites for hydroxylation is 1. The summed E-state index contributed by atoms with van der Waals surface area (Å²) >= 11 is 0. The molecule has 0 aromatic carbocycles. The van der Waals surface area contributed by atoms with Crippen LogP contribution in [0.1, 0.15) is 23.1 Å². The Hall–Kier alpha value is -2.09. The quantitative estimate of drug-likeness (QED) is 0.639. The molecule has 0 bridgehead atoms. The van der Waals surface area contributed by atoms with Crippen molar-refractivity contribution in [3.05, 3.63) is 11.4 Å². The second kappa shape index (κ2) is 5.27. The first-order valence-electron chi connectivity index (χ1n) is 6.07. The van der Waals surface area contributed by atoms with Gasteiger partial charge in [-0.3, -0.25) is 14.7 Å². The predicted octanol–water partition coefficient (Wildman–Crippen LogP) is -1.12. The van der Waals surface area contributed by atoms with Crippen LogP contribution in [0, 0.1) is 0 Å². The van der Waals surface area contributed by atoms with Gasteiger partial charge in [0.25, 0.3) is 5.91 Å². The minimum absolute atomic E-state index is 0.103. The Morgan fingerprint density at radius 1 is 1.58 bits per heavy atom. The van der Waals surface area contributed by atoms with Crippen LogP contribution in [-0.2, 0) is 16.0 Å². The molecule has 1 atom stereocenters. The monoisotopic (exact) mass is 267 g/mol. The number of hydrogen-bond acceptors (Lipinski definition) is 5. The Morgan fingerprint density at radius 3 is 2.89 bits per heavy atom. The van der Waals surface area contributed by atoms with Crippen LogP contribution < -0.4 is 11.5 Å². The van der Waals surface area contributed by atoms with E-state index in [-0.39, 0.29) is 12.3 Å². The summed E-state index contributed by atoms with van der Waals surface area (Å²) in [4.78, 5) is 25.1. The Morgan fingerprint density at radius 2 is 2.32 bits per heavy atom. The third kappa shape index (κ3) is 2.39. The first-order chi connectivity index (χ1) is 9.06. The Kier molecular flexibility index (Phi) is 3.70. The first-order valence-corrected chi connectivity index (χ1v) is 6.07. The standard InChI is InChI=1S/C11H17N5O3/c1-2-6-8(12)9(15-14-6)11(18)16-3-4-19-5-7(16)10(13)17/h7H,2-5,12H2,1H3,(H2,13,17)(H,14,15). The largest absolute Gasteiger partial charge is 0.395 e. The van der Waals surface area contributed by atoms with Gasteiger partial charge in [-0.25, -0.2) is 0 Å². The molecule has 104 valence electrons. The lowest BCUT2D eigenvalue weighted by Crippen LogP contribution is -2.54. The number of nitrogens with one attached hydrogen (secondary N) is 1. The SMILES string of the molecule is CCc1[nH]nc(C(=O)N2CCOCC2C(N)=O)c1N. The summed E-state index contributed by atoms with van der Waals surface area (Å²) in [6.45, 7) is 2.66. The van der Waals surface area contributed by atoms with E-state index in [1.54, 1.807) is 0 Å². The number of morpholine rings is 1. The van der Waals surface area contributed by atoms with Gasteiger partial charge in [-0.2, -0.15) is 5.10 Å². The van der Waals surface area contributed by atoms with Gasteiger partial charge in [-0.1, -0.05) is 6.92 Å².